The number of hydrogen-bond acceptors (Lipinski definition) is 3. The number of nitrogens with zero attached hydrogens (tertiary/aromatic N) is 1. The van der Waals surface area contributed by atoms with Crippen LogP contribution in [0.3, 0.4) is 0 Å². The van der Waals surface area contributed by atoms with Gasteiger partial charge in [0.25, 0.3) is 0 Å². The van der Waals surface area contributed by atoms with Gasteiger partial charge in [0.05, 0.1) is 0 Å². The van der Waals surface area contributed by atoms with Gasteiger partial charge in [-0.1, -0.05) is 51.5 Å². The number of carboxylic acids is 1. The van der Waals surface area contributed by atoms with Crippen molar-refractivity contribution in [3.63, 3.8) is 0 Å². The summed E-state index contributed by atoms with van der Waals surface area (Å²) in [5, 5.41) is 12.0. The van der Waals surface area contributed by atoms with Crippen LogP contribution in [0.15, 0.2) is 24.3 Å². The number of aliphatic carboxylic acids is 1. The van der Waals surface area contributed by atoms with E-state index in [1.54, 1.807) is 4.90 Å². The lowest BCUT2D eigenvalue weighted by Crippen LogP contribution is -2.47. The first-order chi connectivity index (χ1) is 12.9. The molecule has 1 heterocycles. The van der Waals surface area contributed by atoms with Crippen molar-refractivity contribution in [3.05, 3.63) is 35.4 Å². The van der Waals surface area contributed by atoms with Gasteiger partial charge in [-0.25, -0.2) is 4.79 Å². The van der Waals surface area contributed by atoms with Gasteiger partial charge >= 0.3 is 5.97 Å². The number of carbonyl (C=O) groups excluding carboxylic acids is 2. The second-order valence-electron chi connectivity index (χ2n) is 7.31. The molecule has 3 atom stereocenters. The van der Waals surface area contributed by atoms with Crippen LogP contribution in [0.5, 0.6) is 0 Å². The smallest absolute Gasteiger partial charge is 0.326 e. The van der Waals surface area contributed by atoms with Crippen molar-refractivity contribution in [1.82, 2.24) is 10.2 Å². The van der Waals surface area contributed by atoms with Gasteiger partial charge in [0.15, 0.2) is 0 Å². The van der Waals surface area contributed by atoms with Crippen molar-refractivity contribution in [2.24, 2.45) is 5.92 Å². The van der Waals surface area contributed by atoms with E-state index in [4.69, 9.17) is 0 Å². The van der Waals surface area contributed by atoms with E-state index in [0.717, 1.165) is 12.0 Å². The highest BCUT2D eigenvalue weighted by Crippen LogP contribution is 2.25. The molecule has 148 valence electrons. The van der Waals surface area contributed by atoms with E-state index >= 15 is 0 Å². The van der Waals surface area contributed by atoms with Crippen LogP contribution in [0.4, 0.5) is 0 Å². The number of amides is 2. The zero-order chi connectivity index (χ0) is 20.0. The molecule has 0 saturated carbocycles. The minimum absolute atomic E-state index is 0.0513. The van der Waals surface area contributed by atoms with Crippen molar-refractivity contribution in [3.8, 4) is 0 Å². The Morgan fingerprint density at radius 1 is 1.26 bits per heavy atom. The number of likely N-dealkylation sites (tertiary alicyclic amines) is 1. The minimum atomic E-state index is -1.02. The van der Waals surface area contributed by atoms with Gasteiger partial charge in [-0.15, -0.1) is 0 Å². The fourth-order valence-corrected chi connectivity index (χ4v) is 3.59. The fourth-order valence-electron chi connectivity index (χ4n) is 3.59. The summed E-state index contributed by atoms with van der Waals surface area (Å²) in [5.74, 6) is -1.43. The highest BCUT2D eigenvalue weighted by Gasteiger charge is 2.34. The van der Waals surface area contributed by atoms with Gasteiger partial charge in [-0.05, 0) is 29.9 Å². The van der Waals surface area contributed by atoms with Crippen LogP contribution in [0.1, 0.15) is 57.6 Å². The Bertz CT molecular complexity index is 689. The SMILES string of the molecule is CCc1ccccc1CN1C(=O)CC[C@@H]1CC(=O)N[C@@H](C(=O)O)[C@H](C)CC. The Labute approximate surface area is 160 Å². The molecule has 0 radical (unpaired) electrons. The topological polar surface area (TPSA) is 86.7 Å². The molecule has 0 spiro atoms. The first-order valence-corrected chi connectivity index (χ1v) is 9.75. The summed E-state index contributed by atoms with van der Waals surface area (Å²) in [5.41, 5.74) is 2.30. The molecule has 2 N–H and O–H groups in total. The zero-order valence-electron chi connectivity index (χ0n) is 16.4. The lowest BCUT2D eigenvalue weighted by Gasteiger charge is -2.27. The molecule has 2 amide bonds. The van der Waals surface area contributed by atoms with Gasteiger partial charge in [-0.2, -0.15) is 0 Å². The second-order valence-corrected chi connectivity index (χ2v) is 7.31. The van der Waals surface area contributed by atoms with Crippen molar-refractivity contribution < 1.29 is 19.5 Å². The predicted molar refractivity (Wildman–Crippen MR) is 103 cm³/mol. The highest BCUT2D eigenvalue weighted by atomic mass is 16.4. The van der Waals surface area contributed by atoms with Crippen LogP contribution in [0, 0.1) is 5.92 Å². The summed E-state index contributed by atoms with van der Waals surface area (Å²) >= 11 is 0. The van der Waals surface area contributed by atoms with Crippen LogP contribution in [-0.4, -0.2) is 39.9 Å². The second kappa shape index (κ2) is 9.53. The Balaban J connectivity index is 2.05. The summed E-state index contributed by atoms with van der Waals surface area (Å²) in [7, 11) is 0. The third-order valence-electron chi connectivity index (χ3n) is 5.51. The molecule has 0 aromatic heterocycles. The van der Waals surface area contributed by atoms with Gasteiger partial charge < -0.3 is 15.3 Å². The van der Waals surface area contributed by atoms with E-state index in [0.29, 0.717) is 25.8 Å². The maximum absolute atomic E-state index is 12.4. The molecule has 0 unspecified atom stereocenters. The largest absolute Gasteiger partial charge is 0.480 e. The third-order valence-corrected chi connectivity index (χ3v) is 5.51. The lowest BCUT2D eigenvalue weighted by molar-refractivity contribution is -0.143. The molecular weight excluding hydrogens is 344 g/mol. The number of rotatable bonds is 9. The molecule has 1 aromatic carbocycles. The number of carbonyl (C=O) groups is 3. The highest BCUT2D eigenvalue weighted by molar-refractivity contribution is 5.85. The van der Waals surface area contributed by atoms with E-state index in [9.17, 15) is 19.5 Å². The molecular formula is C21H30N2O4. The maximum atomic E-state index is 12.4. The number of hydrogen-bond donors (Lipinski definition) is 2. The summed E-state index contributed by atoms with van der Waals surface area (Å²) in [6, 6.07) is 6.94. The summed E-state index contributed by atoms with van der Waals surface area (Å²) < 4.78 is 0. The molecule has 1 aromatic rings. The number of carboxylic acid groups (broad SMARTS) is 1. The molecule has 0 aliphatic carbocycles. The Morgan fingerprint density at radius 2 is 1.93 bits per heavy atom. The lowest BCUT2D eigenvalue weighted by atomic mass is 9.98. The number of benzene rings is 1. The molecule has 6 heteroatoms. The molecule has 1 saturated heterocycles. The van der Waals surface area contributed by atoms with E-state index in [1.807, 2.05) is 32.0 Å². The van der Waals surface area contributed by atoms with E-state index in [-0.39, 0.29) is 30.2 Å². The standard InChI is InChI=1S/C21H30N2O4/c1-4-14(3)20(21(26)27)22-18(24)12-17-10-11-19(25)23(17)13-16-9-7-6-8-15(16)5-2/h6-9,14,17,20H,4-5,10-13H2,1-3H3,(H,22,24)(H,26,27)/t14-,17-,20-/m1/s1. The van der Waals surface area contributed by atoms with Crippen LogP contribution >= 0.6 is 0 Å². The van der Waals surface area contributed by atoms with Crippen LogP contribution in [0.25, 0.3) is 0 Å². The third kappa shape index (κ3) is 5.31. The minimum Gasteiger partial charge on any atom is -0.480 e. The molecule has 0 bridgehead atoms. The summed E-state index contributed by atoms with van der Waals surface area (Å²) in [4.78, 5) is 38.0. The van der Waals surface area contributed by atoms with Gasteiger partial charge in [0, 0.05) is 25.4 Å². The van der Waals surface area contributed by atoms with E-state index in [1.165, 1.54) is 5.56 Å². The van der Waals surface area contributed by atoms with Gasteiger partial charge in [0.2, 0.25) is 11.8 Å². The molecule has 1 aliphatic heterocycles. The normalized spacial score (nSPS) is 19.0. The molecule has 6 nitrogen and oxygen atoms in total. The number of aryl methyl sites for hydroxylation is 1. The monoisotopic (exact) mass is 374 g/mol. The Kier molecular flexibility index (Phi) is 7.39. The van der Waals surface area contributed by atoms with Crippen molar-refractivity contribution in [1.29, 1.82) is 0 Å². The van der Waals surface area contributed by atoms with Crippen LogP contribution < -0.4 is 5.32 Å². The Morgan fingerprint density at radius 3 is 2.52 bits per heavy atom. The van der Waals surface area contributed by atoms with Crippen molar-refractivity contribution in [2.75, 3.05) is 0 Å². The fraction of sp³-hybridized carbons (Fsp3) is 0.571. The zero-order valence-corrected chi connectivity index (χ0v) is 16.4. The average molecular weight is 374 g/mol. The van der Waals surface area contributed by atoms with Crippen molar-refractivity contribution >= 4 is 17.8 Å². The van der Waals surface area contributed by atoms with Crippen LogP contribution in [-0.2, 0) is 27.3 Å². The predicted octanol–water partition coefficient (Wildman–Crippen LogP) is 2.75. The first-order valence-electron chi connectivity index (χ1n) is 9.75. The molecule has 1 fully saturated rings. The Hall–Kier alpha value is -2.37. The van der Waals surface area contributed by atoms with E-state index < -0.39 is 12.0 Å². The molecule has 27 heavy (non-hydrogen) atoms. The van der Waals surface area contributed by atoms with Crippen molar-refractivity contribution in [2.45, 2.75) is 71.5 Å². The summed E-state index contributed by atoms with van der Waals surface area (Å²) in [6.45, 7) is 6.28. The summed E-state index contributed by atoms with van der Waals surface area (Å²) in [6.07, 6.45) is 2.75. The first kappa shape index (κ1) is 20.9. The quantitative estimate of drug-likeness (QED) is 0.696. The molecule has 1 aliphatic rings. The van der Waals surface area contributed by atoms with E-state index in [2.05, 4.69) is 18.3 Å². The van der Waals surface area contributed by atoms with Gasteiger partial charge in [0.1, 0.15) is 6.04 Å². The van der Waals surface area contributed by atoms with Crippen LogP contribution in [0.2, 0.25) is 0 Å². The molecule has 2 rings (SSSR count). The number of nitrogens with one attached hydrogen (secondary N) is 1. The average Bonchev–Trinajstić information content (AvgIpc) is 2.99. The van der Waals surface area contributed by atoms with Gasteiger partial charge in [-0.3, -0.25) is 9.59 Å². The maximum Gasteiger partial charge on any atom is 0.326 e.